The van der Waals surface area contributed by atoms with Crippen molar-refractivity contribution in [1.29, 1.82) is 0 Å². The molecular weight excluding hydrogens is 560 g/mol. The van der Waals surface area contributed by atoms with Gasteiger partial charge in [-0.2, -0.15) is 0 Å². The summed E-state index contributed by atoms with van der Waals surface area (Å²) in [6.07, 6.45) is 8.88. The van der Waals surface area contributed by atoms with Gasteiger partial charge in [0.2, 0.25) is 0 Å². The van der Waals surface area contributed by atoms with Crippen molar-refractivity contribution in [2.24, 2.45) is 22.7 Å². The third-order valence-corrected chi connectivity index (χ3v) is 13.4. The van der Waals surface area contributed by atoms with Crippen LogP contribution in [0, 0.1) is 22.7 Å². The Kier molecular flexibility index (Phi) is 7.77. The topological polar surface area (TPSA) is 83.8 Å². The Morgan fingerprint density at radius 3 is 1.38 bits per heavy atom. The summed E-state index contributed by atoms with van der Waals surface area (Å²) in [5, 5.41) is 20.7. The molecule has 45 heavy (non-hydrogen) atoms. The van der Waals surface area contributed by atoms with Gasteiger partial charge < -0.3 is 14.9 Å². The highest BCUT2D eigenvalue weighted by molar-refractivity contribution is 5.76. The van der Waals surface area contributed by atoms with Crippen molar-refractivity contribution < 1.29 is 24.5 Å². The molecule has 4 aliphatic rings. The van der Waals surface area contributed by atoms with Gasteiger partial charge >= 0.3 is 11.9 Å². The van der Waals surface area contributed by atoms with Gasteiger partial charge in [-0.15, -0.1) is 0 Å². The molecule has 2 aromatic carbocycles. The van der Waals surface area contributed by atoms with Gasteiger partial charge in [0.05, 0.1) is 10.8 Å². The molecule has 2 fully saturated rings. The molecule has 2 N–H and O–H groups in total. The minimum Gasteiger partial charge on any atom is -0.481 e. The predicted octanol–water partition coefficient (Wildman–Crippen LogP) is 9.92. The van der Waals surface area contributed by atoms with Gasteiger partial charge in [0.15, 0.2) is 0 Å². The van der Waals surface area contributed by atoms with E-state index in [0.717, 1.165) is 75.7 Å². The van der Waals surface area contributed by atoms with E-state index in [0.29, 0.717) is 0 Å². The Bertz CT molecular complexity index is 1420. The SMILES string of the molecule is CC(C)c1cc2c(cc1Oc1cc3c(cc1C(C)C)CCC1C(C)(C(=O)O)CCCC31C)C1(C)CCCC(C)(C(=O)O)C1CC2. The number of carbonyl (C=O) groups is 2. The molecule has 0 bridgehead atoms. The van der Waals surface area contributed by atoms with Crippen LogP contribution in [0.25, 0.3) is 0 Å². The first-order valence-electron chi connectivity index (χ1n) is 17.6. The molecule has 2 aromatic rings. The molecule has 244 valence electrons. The zero-order valence-corrected chi connectivity index (χ0v) is 28.8. The van der Waals surface area contributed by atoms with Crippen LogP contribution in [0.2, 0.25) is 0 Å². The summed E-state index contributed by atoms with van der Waals surface area (Å²) in [4.78, 5) is 25.2. The van der Waals surface area contributed by atoms with E-state index in [1.54, 1.807) is 0 Å². The van der Waals surface area contributed by atoms with Crippen molar-refractivity contribution in [2.75, 3.05) is 0 Å². The van der Waals surface area contributed by atoms with Crippen LogP contribution >= 0.6 is 0 Å². The maximum atomic E-state index is 12.6. The molecule has 6 rings (SSSR count). The first-order valence-corrected chi connectivity index (χ1v) is 17.6. The number of carboxylic acid groups (broad SMARTS) is 2. The zero-order valence-electron chi connectivity index (χ0n) is 28.8. The summed E-state index contributed by atoms with van der Waals surface area (Å²) < 4.78 is 7.11. The van der Waals surface area contributed by atoms with Crippen molar-refractivity contribution in [2.45, 2.75) is 142 Å². The molecule has 0 spiro atoms. The molecule has 0 saturated heterocycles. The van der Waals surface area contributed by atoms with Crippen LogP contribution in [-0.4, -0.2) is 22.2 Å². The molecule has 4 aliphatic carbocycles. The number of hydrogen-bond donors (Lipinski definition) is 2. The monoisotopic (exact) mass is 614 g/mol. The Balaban J connectivity index is 1.48. The van der Waals surface area contributed by atoms with Crippen LogP contribution in [0.1, 0.15) is 152 Å². The normalized spacial score (nSPS) is 34.0. The van der Waals surface area contributed by atoms with Gasteiger partial charge in [0, 0.05) is 0 Å². The van der Waals surface area contributed by atoms with E-state index in [2.05, 4.69) is 65.8 Å². The second-order valence-corrected chi connectivity index (χ2v) is 16.7. The molecule has 2 saturated carbocycles. The molecular formula is C40H54O5. The van der Waals surface area contributed by atoms with E-state index < -0.39 is 22.8 Å². The van der Waals surface area contributed by atoms with E-state index in [9.17, 15) is 19.8 Å². The number of fused-ring (bicyclic) bond motifs is 6. The summed E-state index contributed by atoms with van der Waals surface area (Å²) in [5.41, 5.74) is 5.75. The third kappa shape index (κ3) is 4.76. The van der Waals surface area contributed by atoms with Crippen molar-refractivity contribution >= 4 is 11.9 Å². The highest BCUT2D eigenvalue weighted by atomic mass is 16.5. The number of aliphatic carboxylic acids is 2. The van der Waals surface area contributed by atoms with Crippen molar-refractivity contribution in [3.05, 3.63) is 57.6 Å². The largest absolute Gasteiger partial charge is 0.481 e. The number of benzene rings is 2. The fourth-order valence-corrected chi connectivity index (χ4v) is 10.7. The summed E-state index contributed by atoms with van der Waals surface area (Å²) in [7, 11) is 0. The molecule has 0 heterocycles. The third-order valence-electron chi connectivity index (χ3n) is 13.4. The molecule has 0 aliphatic heterocycles. The summed E-state index contributed by atoms with van der Waals surface area (Å²) in [6.45, 7) is 17.4. The number of rotatable bonds is 6. The van der Waals surface area contributed by atoms with E-state index in [4.69, 9.17) is 4.74 Å². The Morgan fingerprint density at radius 1 is 0.667 bits per heavy atom. The predicted molar refractivity (Wildman–Crippen MR) is 179 cm³/mol. The maximum Gasteiger partial charge on any atom is 0.309 e. The number of aryl methyl sites for hydroxylation is 2. The molecule has 6 atom stereocenters. The standard InChI is InChI=1S/C40H54O5/c1-23(2)27-19-25-11-13-33-37(5,15-9-17-39(33,7)35(41)42)29(25)21-31(27)45-32-22-30-26(20-28(32)24(3)4)12-14-34-38(30,6)16-10-18-40(34,8)36(43)44/h19-24,33-34H,9-18H2,1-8H3,(H,41,42)(H,43,44). The average molecular weight is 615 g/mol. The van der Waals surface area contributed by atoms with Gasteiger partial charge in [0.25, 0.3) is 0 Å². The Morgan fingerprint density at radius 2 is 1.04 bits per heavy atom. The van der Waals surface area contributed by atoms with E-state index >= 15 is 0 Å². The smallest absolute Gasteiger partial charge is 0.309 e. The molecule has 6 unspecified atom stereocenters. The van der Waals surface area contributed by atoms with Gasteiger partial charge in [0.1, 0.15) is 11.5 Å². The number of carboxylic acids is 2. The molecule has 0 radical (unpaired) electrons. The highest BCUT2D eigenvalue weighted by Crippen LogP contribution is 2.60. The summed E-state index contributed by atoms with van der Waals surface area (Å²) in [5.74, 6) is 1.14. The summed E-state index contributed by atoms with van der Waals surface area (Å²) in [6, 6.07) is 9.27. The fourth-order valence-electron chi connectivity index (χ4n) is 10.7. The van der Waals surface area contributed by atoms with Crippen molar-refractivity contribution in [1.82, 2.24) is 0 Å². The van der Waals surface area contributed by atoms with Gasteiger partial charge in [-0.25, -0.2) is 0 Å². The van der Waals surface area contributed by atoms with Crippen LogP contribution in [0.3, 0.4) is 0 Å². The van der Waals surface area contributed by atoms with Gasteiger partial charge in [-0.1, -0.05) is 66.5 Å². The van der Waals surface area contributed by atoms with Crippen molar-refractivity contribution in [3.8, 4) is 11.5 Å². The second kappa shape index (κ2) is 10.9. The van der Waals surface area contributed by atoms with E-state index in [-0.39, 0.29) is 34.5 Å². The van der Waals surface area contributed by atoms with Crippen LogP contribution < -0.4 is 4.74 Å². The minimum absolute atomic E-state index is 0.0863. The Labute approximate surface area is 270 Å². The minimum atomic E-state index is -0.720. The molecule has 5 nitrogen and oxygen atoms in total. The first-order chi connectivity index (χ1) is 21.1. The lowest BCUT2D eigenvalue weighted by atomic mass is 9.49. The zero-order chi connectivity index (χ0) is 32.7. The second-order valence-electron chi connectivity index (χ2n) is 16.7. The van der Waals surface area contributed by atoms with Crippen LogP contribution in [-0.2, 0) is 33.3 Å². The number of ether oxygens (including phenoxy) is 1. The molecule has 5 heteroatoms. The summed E-state index contributed by atoms with van der Waals surface area (Å²) >= 11 is 0. The fraction of sp³-hybridized carbons (Fsp3) is 0.650. The molecule has 0 amide bonds. The lowest BCUT2D eigenvalue weighted by Gasteiger charge is -2.54. The van der Waals surface area contributed by atoms with Crippen LogP contribution in [0.4, 0.5) is 0 Å². The quantitative estimate of drug-likeness (QED) is 0.338. The highest BCUT2D eigenvalue weighted by Gasteiger charge is 2.57. The molecule has 0 aromatic heterocycles. The lowest BCUT2D eigenvalue weighted by molar-refractivity contribution is -0.158. The van der Waals surface area contributed by atoms with Gasteiger partial charge in [-0.05, 0) is 145 Å². The van der Waals surface area contributed by atoms with Crippen molar-refractivity contribution in [3.63, 3.8) is 0 Å². The average Bonchev–Trinajstić information content (AvgIpc) is 2.96. The first kappa shape index (κ1) is 32.1. The number of hydrogen-bond acceptors (Lipinski definition) is 3. The Hall–Kier alpha value is -2.82. The van der Waals surface area contributed by atoms with Crippen LogP contribution in [0.5, 0.6) is 11.5 Å². The van der Waals surface area contributed by atoms with Crippen LogP contribution in [0.15, 0.2) is 24.3 Å². The maximum absolute atomic E-state index is 12.6. The van der Waals surface area contributed by atoms with E-state index in [1.165, 1.54) is 33.4 Å². The van der Waals surface area contributed by atoms with Gasteiger partial charge in [-0.3, -0.25) is 9.59 Å². The van der Waals surface area contributed by atoms with E-state index in [1.807, 2.05) is 13.8 Å². The lowest BCUT2D eigenvalue weighted by Crippen LogP contribution is -2.52.